The Balaban J connectivity index is 1.40. The summed E-state index contributed by atoms with van der Waals surface area (Å²) in [7, 11) is -4.00. The normalized spacial score (nSPS) is 12.5. The van der Waals surface area contributed by atoms with Gasteiger partial charge in [-0.15, -0.1) is 0 Å². The molecule has 0 aliphatic heterocycles. The second-order valence-corrected chi connectivity index (χ2v) is 9.27. The van der Waals surface area contributed by atoms with E-state index in [4.69, 9.17) is 4.52 Å². The maximum Gasteiger partial charge on any atom is 0.380 e. The first-order valence-electron chi connectivity index (χ1n) is 10.3. The number of rotatable bonds is 8. The van der Waals surface area contributed by atoms with Gasteiger partial charge in [0, 0.05) is 22.3 Å². The minimum absolute atomic E-state index is 0.115. The Hall–Kier alpha value is -3.79. The Morgan fingerprint density at radius 2 is 1.00 bits per heavy atom. The van der Waals surface area contributed by atoms with Gasteiger partial charge < -0.3 is 9.42 Å². The highest BCUT2D eigenvalue weighted by atomic mass is 31.2. The minimum Gasteiger partial charge on any atom is -0.424 e. The van der Waals surface area contributed by atoms with E-state index in [2.05, 4.69) is 0 Å². The summed E-state index contributed by atoms with van der Waals surface area (Å²) < 4.78 is 18.0. The maximum absolute atomic E-state index is 12.6. The third-order valence-electron chi connectivity index (χ3n) is 5.04. The average molecular weight is 456 g/mol. The molecule has 0 bridgehead atoms. The first-order valence-corrected chi connectivity index (χ1v) is 12.1. The number of carbonyl (C=O) groups excluding carboxylic acids is 2. The second-order valence-electron chi connectivity index (χ2n) is 7.50. The summed E-state index contributed by atoms with van der Waals surface area (Å²) in [4.78, 5) is 35.3. The molecular weight excluding hydrogens is 435 g/mol. The van der Waals surface area contributed by atoms with Crippen LogP contribution in [0.5, 0.6) is 5.75 Å². The number of ketones is 2. The largest absolute Gasteiger partial charge is 0.424 e. The Bertz CT molecular complexity index is 1200. The fourth-order valence-corrected chi connectivity index (χ4v) is 4.56. The molecule has 0 amide bonds. The molecule has 0 radical (unpaired) electrons. The Kier molecular flexibility index (Phi) is 6.64. The van der Waals surface area contributed by atoms with Gasteiger partial charge in [-0.2, -0.15) is 0 Å². The average Bonchev–Trinajstić information content (AvgIpc) is 2.85. The summed E-state index contributed by atoms with van der Waals surface area (Å²) >= 11 is 0. The van der Waals surface area contributed by atoms with Crippen LogP contribution in [0.1, 0.15) is 37.4 Å². The van der Waals surface area contributed by atoms with Gasteiger partial charge in [-0.3, -0.25) is 9.59 Å². The van der Waals surface area contributed by atoms with Crippen molar-refractivity contribution >= 4 is 19.2 Å². The number of benzene rings is 4. The second kappa shape index (κ2) is 9.78. The van der Waals surface area contributed by atoms with Crippen LogP contribution in [-0.4, -0.2) is 16.5 Å². The van der Waals surface area contributed by atoms with Crippen molar-refractivity contribution in [1.82, 2.24) is 0 Å². The summed E-state index contributed by atoms with van der Waals surface area (Å²) in [5, 5.41) is 0. The van der Waals surface area contributed by atoms with Crippen molar-refractivity contribution in [2.75, 3.05) is 0 Å². The zero-order chi connectivity index (χ0) is 23.3. The van der Waals surface area contributed by atoms with E-state index in [-0.39, 0.29) is 23.5 Å². The van der Waals surface area contributed by atoms with E-state index in [9.17, 15) is 19.0 Å². The van der Waals surface area contributed by atoms with Gasteiger partial charge in [-0.1, -0.05) is 84.9 Å². The van der Waals surface area contributed by atoms with E-state index >= 15 is 0 Å². The van der Waals surface area contributed by atoms with Crippen molar-refractivity contribution in [3.63, 3.8) is 0 Å². The van der Waals surface area contributed by atoms with E-state index in [0.29, 0.717) is 27.8 Å². The van der Waals surface area contributed by atoms with Gasteiger partial charge in [-0.05, 0) is 29.8 Å². The van der Waals surface area contributed by atoms with E-state index < -0.39 is 7.60 Å². The SMILES string of the molecule is O=C(c1ccccc1)c1ccc(CP(=O)(O)Oc2ccc(C(=O)c3ccccc3)cc2)cc1. The third kappa shape index (κ3) is 5.72. The molecule has 0 aromatic heterocycles. The van der Waals surface area contributed by atoms with Crippen LogP contribution in [0.15, 0.2) is 109 Å². The van der Waals surface area contributed by atoms with E-state index in [1.807, 2.05) is 12.1 Å². The summed E-state index contributed by atoms with van der Waals surface area (Å²) in [5.74, 6) is -0.0588. The van der Waals surface area contributed by atoms with Crippen LogP contribution < -0.4 is 4.52 Å². The molecule has 4 rings (SSSR count). The monoisotopic (exact) mass is 456 g/mol. The predicted molar refractivity (Wildman–Crippen MR) is 127 cm³/mol. The predicted octanol–water partition coefficient (Wildman–Crippen LogP) is 5.91. The quantitative estimate of drug-likeness (QED) is 0.263. The smallest absolute Gasteiger partial charge is 0.380 e. The molecule has 1 unspecified atom stereocenters. The van der Waals surface area contributed by atoms with Crippen LogP contribution >= 0.6 is 7.60 Å². The maximum atomic E-state index is 12.6. The van der Waals surface area contributed by atoms with Crippen molar-refractivity contribution in [3.05, 3.63) is 137 Å². The van der Waals surface area contributed by atoms with Gasteiger partial charge in [0.15, 0.2) is 11.6 Å². The van der Waals surface area contributed by atoms with Gasteiger partial charge >= 0.3 is 7.60 Å². The van der Waals surface area contributed by atoms with E-state index in [1.54, 1.807) is 84.9 Å². The van der Waals surface area contributed by atoms with Crippen molar-refractivity contribution < 1.29 is 23.6 Å². The molecule has 164 valence electrons. The number of hydrogen-bond acceptors (Lipinski definition) is 4. The molecular formula is C27H21O5P. The summed E-state index contributed by atoms with van der Waals surface area (Å²) in [6, 6.07) is 30.5. The van der Waals surface area contributed by atoms with Gasteiger partial charge in [0.05, 0.1) is 6.16 Å². The van der Waals surface area contributed by atoms with Crippen molar-refractivity contribution in [1.29, 1.82) is 0 Å². The molecule has 5 nitrogen and oxygen atoms in total. The van der Waals surface area contributed by atoms with Gasteiger partial charge in [0.25, 0.3) is 0 Å². The van der Waals surface area contributed by atoms with Gasteiger partial charge in [-0.25, -0.2) is 4.57 Å². The lowest BCUT2D eigenvalue weighted by Gasteiger charge is -2.14. The lowest BCUT2D eigenvalue weighted by molar-refractivity contribution is 0.103. The molecule has 4 aromatic carbocycles. The highest BCUT2D eigenvalue weighted by molar-refractivity contribution is 7.52. The fraction of sp³-hybridized carbons (Fsp3) is 0.0370. The van der Waals surface area contributed by atoms with Crippen LogP contribution in [0.25, 0.3) is 0 Å². The number of hydrogen-bond donors (Lipinski definition) is 1. The fourth-order valence-electron chi connectivity index (χ4n) is 3.37. The zero-order valence-corrected chi connectivity index (χ0v) is 18.5. The highest BCUT2D eigenvalue weighted by Gasteiger charge is 2.22. The van der Waals surface area contributed by atoms with Crippen LogP contribution in [0.3, 0.4) is 0 Å². The summed E-state index contributed by atoms with van der Waals surface area (Å²) in [5.41, 5.74) is 2.67. The molecule has 0 spiro atoms. The Labute approximate surface area is 191 Å². The molecule has 1 atom stereocenters. The number of carbonyl (C=O) groups is 2. The first kappa shape index (κ1) is 22.4. The van der Waals surface area contributed by atoms with Crippen LogP contribution in [-0.2, 0) is 10.7 Å². The minimum atomic E-state index is -4.00. The lowest BCUT2D eigenvalue weighted by Crippen LogP contribution is -2.02. The topological polar surface area (TPSA) is 80.7 Å². The molecule has 33 heavy (non-hydrogen) atoms. The highest BCUT2D eigenvalue weighted by Crippen LogP contribution is 2.46. The zero-order valence-electron chi connectivity index (χ0n) is 17.6. The standard InChI is InChI=1S/C27H21O5P/c28-26(21-7-3-1-4-8-21)23-13-11-20(12-14-23)19-33(30,31)32-25-17-15-24(16-18-25)27(29)22-9-5-2-6-10-22/h1-18H,19H2,(H,30,31). The molecule has 0 aliphatic carbocycles. The lowest BCUT2D eigenvalue weighted by atomic mass is 10.0. The van der Waals surface area contributed by atoms with E-state index in [0.717, 1.165) is 0 Å². The van der Waals surface area contributed by atoms with Crippen LogP contribution in [0.4, 0.5) is 0 Å². The van der Waals surface area contributed by atoms with Crippen molar-refractivity contribution in [2.24, 2.45) is 0 Å². The molecule has 0 saturated carbocycles. The molecule has 0 saturated heterocycles. The molecule has 6 heteroatoms. The molecule has 0 fully saturated rings. The first-order chi connectivity index (χ1) is 15.9. The van der Waals surface area contributed by atoms with Gasteiger partial charge in [0.2, 0.25) is 0 Å². The molecule has 0 aliphatic rings. The molecule has 4 aromatic rings. The van der Waals surface area contributed by atoms with Crippen LogP contribution in [0, 0.1) is 0 Å². The third-order valence-corrected chi connectivity index (χ3v) is 6.30. The summed E-state index contributed by atoms with van der Waals surface area (Å²) in [6.07, 6.45) is -0.211. The summed E-state index contributed by atoms with van der Waals surface area (Å²) in [6.45, 7) is 0. The van der Waals surface area contributed by atoms with Crippen molar-refractivity contribution in [2.45, 2.75) is 6.16 Å². The molecule has 1 N–H and O–H groups in total. The van der Waals surface area contributed by atoms with Crippen molar-refractivity contribution in [3.8, 4) is 5.75 Å². The van der Waals surface area contributed by atoms with Gasteiger partial charge in [0.1, 0.15) is 5.75 Å². The molecule has 0 heterocycles. The van der Waals surface area contributed by atoms with E-state index in [1.165, 1.54) is 12.1 Å². The Morgan fingerprint density at radius 1 is 0.606 bits per heavy atom. The Morgan fingerprint density at radius 3 is 1.45 bits per heavy atom. The van der Waals surface area contributed by atoms with Crippen LogP contribution in [0.2, 0.25) is 0 Å².